The summed E-state index contributed by atoms with van der Waals surface area (Å²) < 4.78 is 0. The second-order valence-corrected chi connectivity index (χ2v) is 5.93. The molecule has 3 N–H and O–H groups in total. The Kier molecular flexibility index (Phi) is 4.41. The van der Waals surface area contributed by atoms with Crippen LogP contribution >= 0.6 is 0 Å². The molecule has 0 fully saturated rings. The van der Waals surface area contributed by atoms with E-state index in [1.807, 2.05) is 0 Å². The van der Waals surface area contributed by atoms with Gasteiger partial charge in [0.1, 0.15) is 12.1 Å². The summed E-state index contributed by atoms with van der Waals surface area (Å²) in [6.45, 7) is 6.46. The van der Waals surface area contributed by atoms with Crippen LogP contribution in [0.3, 0.4) is 0 Å². The number of benzene rings is 1. The summed E-state index contributed by atoms with van der Waals surface area (Å²) in [5.74, 6) is 0. The van der Waals surface area contributed by atoms with Gasteiger partial charge in [0.15, 0.2) is 0 Å². The van der Waals surface area contributed by atoms with E-state index in [2.05, 4.69) is 44.3 Å². The van der Waals surface area contributed by atoms with Gasteiger partial charge in [0.25, 0.3) is 0 Å². The molecule has 0 radical (unpaired) electrons. The molecule has 0 aliphatic heterocycles. The average Bonchev–Trinajstić information content (AvgIpc) is 2.36. The van der Waals surface area contributed by atoms with Gasteiger partial charge in [0.05, 0.1) is 6.04 Å². The molecule has 0 amide bonds. The highest BCUT2D eigenvalue weighted by atomic mass is 16.3. The van der Waals surface area contributed by atoms with E-state index in [9.17, 15) is 5.11 Å². The smallest absolute Gasteiger partial charge is 0.131 e. The third kappa shape index (κ3) is 2.93. The zero-order valence-corrected chi connectivity index (χ0v) is 11.8. The van der Waals surface area contributed by atoms with E-state index in [1.165, 1.54) is 30.4 Å². The molecule has 2 heteroatoms. The van der Waals surface area contributed by atoms with Crippen LogP contribution in [-0.4, -0.2) is 17.2 Å². The van der Waals surface area contributed by atoms with Crippen LogP contribution in [0.15, 0.2) is 18.2 Å². The normalized spacial score (nSPS) is 18.5. The molecule has 0 aromatic heterocycles. The largest absolute Gasteiger partial charge is 0.382 e. The molecule has 0 bridgehead atoms. The highest BCUT2D eigenvalue weighted by Crippen LogP contribution is 2.29. The summed E-state index contributed by atoms with van der Waals surface area (Å²) in [5.41, 5.74) is 4.03. The van der Waals surface area contributed by atoms with E-state index >= 15 is 0 Å². The predicted molar refractivity (Wildman–Crippen MR) is 74.6 cm³/mol. The van der Waals surface area contributed by atoms with Crippen molar-refractivity contribution in [2.24, 2.45) is 0 Å². The van der Waals surface area contributed by atoms with Gasteiger partial charge in [0.2, 0.25) is 0 Å². The van der Waals surface area contributed by atoms with Gasteiger partial charge in [-0.1, -0.05) is 18.2 Å². The summed E-state index contributed by atoms with van der Waals surface area (Å²) in [7, 11) is 0. The fraction of sp³-hybridized carbons (Fsp3) is 0.625. The summed E-state index contributed by atoms with van der Waals surface area (Å²) in [6, 6.07) is 7.18. The van der Waals surface area contributed by atoms with Crippen molar-refractivity contribution in [1.82, 2.24) is 0 Å². The summed E-state index contributed by atoms with van der Waals surface area (Å²) in [6.07, 6.45) is 4.52. The van der Waals surface area contributed by atoms with Gasteiger partial charge in [-0.25, -0.2) is 0 Å². The topological polar surface area (TPSA) is 36.8 Å². The van der Waals surface area contributed by atoms with Crippen molar-refractivity contribution in [3.63, 3.8) is 0 Å². The Bertz CT molecular complexity index is 400. The molecule has 2 nitrogen and oxygen atoms in total. The van der Waals surface area contributed by atoms with Crippen molar-refractivity contribution in [3.05, 3.63) is 34.9 Å². The molecule has 2 rings (SSSR count). The van der Waals surface area contributed by atoms with Gasteiger partial charge < -0.3 is 10.4 Å². The molecule has 1 aromatic rings. The highest BCUT2D eigenvalue weighted by molar-refractivity contribution is 5.38. The quantitative estimate of drug-likeness (QED) is 0.839. The van der Waals surface area contributed by atoms with Crippen molar-refractivity contribution in [1.29, 1.82) is 0 Å². The van der Waals surface area contributed by atoms with Crippen LogP contribution in [0.4, 0.5) is 0 Å². The number of aliphatic hydroxyl groups is 1. The van der Waals surface area contributed by atoms with Gasteiger partial charge >= 0.3 is 0 Å². The predicted octanol–water partition coefficient (Wildman–Crippen LogP) is 1.96. The van der Waals surface area contributed by atoms with Crippen molar-refractivity contribution in [2.45, 2.75) is 64.6 Å². The highest BCUT2D eigenvalue weighted by Gasteiger charge is 2.24. The van der Waals surface area contributed by atoms with Crippen molar-refractivity contribution >= 4 is 0 Å². The number of quaternary nitrogens is 1. The molecule has 2 atom stereocenters. The van der Waals surface area contributed by atoms with Gasteiger partial charge in [-0.05, 0) is 63.1 Å². The number of aryl methyl sites for hydroxylation is 1. The minimum Gasteiger partial charge on any atom is -0.382 e. The summed E-state index contributed by atoms with van der Waals surface area (Å²) >= 11 is 0. The van der Waals surface area contributed by atoms with Gasteiger partial charge in [-0.2, -0.15) is 0 Å². The molecule has 0 saturated heterocycles. The van der Waals surface area contributed by atoms with Gasteiger partial charge in [-0.15, -0.1) is 0 Å². The lowest BCUT2D eigenvalue weighted by Crippen LogP contribution is -2.94. The molecule has 0 spiro atoms. The van der Waals surface area contributed by atoms with E-state index in [-0.39, 0.29) is 12.1 Å². The van der Waals surface area contributed by atoms with Crippen LogP contribution in [0.1, 0.15) is 56.4 Å². The Balaban J connectivity index is 2.22. The maximum absolute atomic E-state index is 10.6. The molecule has 1 aromatic carbocycles. The molecular formula is C16H26NO+. The van der Waals surface area contributed by atoms with Gasteiger partial charge in [0, 0.05) is 0 Å². The number of aliphatic hydroxyl groups excluding tert-OH is 1. The number of rotatable bonds is 4. The fourth-order valence-corrected chi connectivity index (χ4v) is 3.08. The first-order valence-electron chi connectivity index (χ1n) is 7.23. The number of hydrogen-bond acceptors (Lipinski definition) is 1. The maximum atomic E-state index is 10.6. The molecule has 100 valence electrons. The van der Waals surface area contributed by atoms with E-state index in [4.69, 9.17) is 0 Å². The van der Waals surface area contributed by atoms with E-state index in [0.717, 1.165) is 12.0 Å². The first kappa shape index (κ1) is 13.6. The average molecular weight is 248 g/mol. The zero-order valence-electron chi connectivity index (χ0n) is 11.8. The molecule has 2 unspecified atom stereocenters. The monoisotopic (exact) mass is 248 g/mol. The molecule has 1 aliphatic rings. The molecule has 1 aliphatic carbocycles. The van der Waals surface area contributed by atoms with E-state index in [1.54, 1.807) is 0 Å². The number of nitrogens with two attached hydrogens (primary N) is 1. The van der Waals surface area contributed by atoms with E-state index < -0.39 is 0 Å². The van der Waals surface area contributed by atoms with Crippen LogP contribution < -0.4 is 5.32 Å². The Morgan fingerprint density at radius 2 is 1.83 bits per heavy atom. The number of hydrogen-bond donors (Lipinski definition) is 2. The lowest BCUT2D eigenvalue weighted by atomic mass is 9.85. The zero-order chi connectivity index (χ0) is 13.1. The lowest BCUT2D eigenvalue weighted by Gasteiger charge is -2.25. The summed E-state index contributed by atoms with van der Waals surface area (Å²) in [5, 5.41) is 12.8. The maximum Gasteiger partial charge on any atom is 0.131 e. The number of fused-ring (bicyclic) bond motifs is 1. The second kappa shape index (κ2) is 5.85. The van der Waals surface area contributed by atoms with Crippen molar-refractivity contribution in [3.8, 4) is 0 Å². The Morgan fingerprint density at radius 1 is 1.11 bits per heavy atom. The minimum absolute atomic E-state index is 0.221. The fourth-order valence-electron chi connectivity index (χ4n) is 3.08. The van der Waals surface area contributed by atoms with Crippen LogP contribution in [0.25, 0.3) is 0 Å². The molecule has 0 saturated carbocycles. The van der Waals surface area contributed by atoms with Crippen molar-refractivity contribution < 1.29 is 10.4 Å². The van der Waals surface area contributed by atoms with Crippen molar-refractivity contribution in [2.75, 3.05) is 0 Å². The van der Waals surface area contributed by atoms with Crippen LogP contribution in [0.2, 0.25) is 0 Å². The first-order valence-corrected chi connectivity index (χ1v) is 7.23. The lowest BCUT2D eigenvalue weighted by molar-refractivity contribution is -0.720. The van der Waals surface area contributed by atoms with Crippen LogP contribution in [-0.2, 0) is 12.8 Å². The Labute approximate surface area is 110 Å². The molecular weight excluding hydrogens is 222 g/mol. The second-order valence-electron chi connectivity index (χ2n) is 5.93. The third-order valence-electron chi connectivity index (χ3n) is 3.94. The Morgan fingerprint density at radius 3 is 2.56 bits per heavy atom. The summed E-state index contributed by atoms with van der Waals surface area (Å²) in [4.78, 5) is 0. The molecule has 0 heterocycles. The SMILES string of the molecule is CC(C)[NH2+]C(C)C(O)c1cccc2c1CCCC2. The van der Waals surface area contributed by atoms with Gasteiger partial charge in [-0.3, -0.25) is 0 Å². The van der Waals surface area contributed by atoms with E-state index in [0.29, 0.717) is 6.04 Å². The third-order valence-corrected chi connectivity index (χ3v) is 3.94. The van der Waals surface area contributed by atoms with Crippen LogP contribution in [0.5, 0.6) is 0 Å². The first-order chi connectivity index (χ1) is 8.59. The Hall–Kier alpha value is -0.860. The van der Waals surface area contributed by atoms with Crippen LogP contribution in [0, 0.1) is 0 Å². The minimum atomic E-state index is -0.347. The standard InChI is InChI=1S/C16H25NO/c1-11(2)17-12(3)16(18)15-10-6-8-13-7-4-5-9-14(13)15/h6,8,10-12,16-18H,4-5,7,9H2,1-3H3/p+1. The molecule has 18 heavy (non-hydrogen) atoms.